The van der Waals surface area contributed by atoms with Crippen LogP contribution in [-0.4, -0.2) is 31.1 Å². The van der Waals surface area contributed by atoms with Crippen molar-refractivity contribution in [3.05, 3.63) is 58.3 Å². The lowest BCUT2D eigenvalue weighted by atomic mass is 10.2. The van der Waals surface area contributed by atoms with E-state index in [2.05, 4.69) is 30.5 Å². The van der Waals surface area contributed by atoms with Gasteiger partial charge in [-0.3, -0.25) is 10.1 Å². The number of halogens is 1. The van der Waals surface area contributed by atoms with Crippen LogP contribution in [0.4, 0.5) is 5.13 Å². The lowest BCUT2D eigenvalue weighted by Crippen LogP contribution is -2.11. The van der Waals surface area contributed by atoms with Crippen LogP contribution in [0.3, 0.4) is 0 Å². The summed E-state index contributed by atoms with van der Waals surface area (Å²) in [5, 5.41) is 13.1. The predicted molar refractivity (Wildman–Crippen MR) is 106 cm³/mol. The molecule has 0 spiro atoms. The van der Waals surface area contributed by atoms with E-state index in [1.807, 2.05) is 18.2 Å². The monoisotopic (exact) mass is 414 g/mol. The highest BCUT2D eigenvalue weighted by Gasteiger charge is 2.19. The third-order valence-corrected chi connectivity index (χ3v) is 5.86. The molecule has 3 heterocycles. The van der Waals surface area contributed by atoms with Gasteiger partial charge >= 0.3 is 0 Å². The number of nitrogens with zero attached hydrogens (tertiary/aromatic N) is 5. The number of hydrogen-bond acceptors (Lipinski definition) is 8. The standard InChI is InChI=1S/C17H11ClN6OS2/c1-9-12(26-16(21-9)13-19-7-4-8-20-13)14(25)22-17-24-23-15(27-17)10-5-2-3-6-11(10)18/h2-8H,1H3,(H,22,24,25). The zero-order chi connectivity index (χ0) is 18.8. The van der Waals surface area contributed by atoms with E-state index in [-0.39, 0.29) is 5.91 Å². The molecular weight excluding hydrogens is 404 g/mol. The Morgan fingerprint density at radius 1 is 1.04 bits per heavy atom. The molecule has 7 nitrogen and oxygen atoms in total. The molecule has 0 unspecified atom stereocenters. The quantitative estimate of drug-likeness (QED) is 0.534. The van der Waals surface area contributed by atoms with Crippen molar-refractivity contribution < 1.29 is 4.79 Å². The van der Waals surface area contributed by atoms with Crippen molar-refractivity contribution in [2.75, 3.05) is 5.32 Å². The van der Waals surface area contributed by atoms with Gasteiger partial charge in [0.15, 0.2) is 15.8 Å². The Kier molecular flexibility index (Phi) is 4.88. The smallest absolute Gasteiger partial charge is 0.269 e. The fraction of sp³-hybridized carbons (Fsp3) is 0.0588. The average molecular weight is 415 g/mol. The Hall–Kier alpha value is -2.75. The molecule has 0 aliphatic carbocycles. The molecule has 1 aromatic carbocycles. The van der Waals surface area contributed by atoms with E-state index in [1.165, 1.54) is 22.7 Å². The van der Waals surface area contributed by atoms with Gasteiger partial charge in [-0.25, -0.2) is 15.0 Å². The first-order chi connectivity index (χ1) is 13.1. The summed E-state index contributed by atoms with van der Waals surface area (Å²) in [5.74, 6) is 0.190. The molecule has 3 aromatic heterocycles. The van der Waals surface area contributed by atoms with Crippen molar-refractivity contribution in [3.63, 3.8) is 0 Å². The second-order valence-corrected chi connectivity index (χ2v) is 7.74. The van der Waals surface area contributed by atoms with Crippen molar-refractivity contribution in [2.45, 2.75) is 6.92 Å². The number of nitrogens with one attached hydrogen (secondary N) is 1. The Bertz CT molecular complexity index is 1110. The third-order valence-electron chi connectivity index (χ3n) is 3.51. The van der Waals surface area contributed by atoms with Crippen LogP contribution in [0.15, 0.2) is 42.7 Å². The summed E-state index contributed by atoms with van der Waals surface area (Å²) in [6.07, 6.45) is 3.27. The topological polar surface area (TPSA) is 93.5 Å². The first kappa shape index (κ1) is 17.7. The molecule has 0 atom stereocenters. The number of benzene rings is 1. The van der Waals surface area contributed by atoms with Crippen LogP contribution in [0.2, 0.25) is 5.02 Å². The summed E-state index contributed by atoms with van der Waals surface area (Å²) in [6.45, 7) is 1.77. The van der Waals surface area contributed by atoms with E-state index in [0.29, 0.717) is 36.6 Å². The number of carbonyl (C=O) groups excluding carboxylic acids is 1. The van der Waals surface area contributed by atoms with Crippen LogP contribution in [-0.2, 0) is 0 Å². The maximum Gasteiger partial charge on any atom is 0.269 e. The lowest BCUT2D eigenvalue weighted by Gasteiger charge is -1.99. The van der Waals surface area contributed by atoms with Gasteiger partial charge < -0.3 is 0 Å². The number of aromatic nitrogens is 5. The number of hydrogen-bond donors (Lipinski definition) is 1. The summed E-state index contributed by atoms with van der Waals surface area (Å²) in [6, 6.07) is 9.08. The van der Waals surface area contributed by atoms with Crippen LogP contribution < -0.4 is 5.32 Å². The minimum atomic E-state index is -0.297. The molecule has 0 saturated heterocycles. The SMILES string of the molecule is Cc1nc(-c2ncccn2)sc1C(=O)Nc1nnc(-c2ccccc2Cl)s1. The Morgan fingerprint density at radius 2 is 1.81 bits per heavy atom. The van der Waals surface area contributed by atoms with Crippen molar-refractivity contribution >= 4 is 45.3 Å². The van der Waals surface area contributed by atoms with Crippen molar-refractivity contribution in [1.82, 2.24) is 25.1 Å². The van der Waals surface area contributed by atoms with Gasteiger partial charge in [-0.1, -0.05) is 41.1 Å². The van der Waals surface area contributed by atoms with Gasteiger partial charge in [-0.2, -0.15) is 0 Å². The normalized spacial score (nSPS) is 10.7. The highest BCUT2D eigenvalue weighted by atomic mass is 35.5. The highest BCUT2D eigenvalue weighted by Crippen LogP contribution is 2.32. The van der Waals surface area contributed by atoms with Gasteiger partial charge in [0.05, 0.1) is 10.7 Å². The maximum atomic E-state index is 12.6. The first-order valence-electron chi connectivity index (χ1n) is 7.76. The Morgan fingerprint density at radius 3 is 2.59 bits per heavy atom. The van der Waals surface area contributed by atoms with Crippen molar-refractivity contribution in [3.8, 4) is 21.4 Å². The number of rotatable bonds is 4. The second-order valence-electron chi connectivity index (χ2n) is 5.35. The number of anilines is 1. The van der Waals surface area contributed by atoms with Gasteiger partial charge in [-0.15, -0.1) is 21.5 Å². The summed E-state index contributed by atoms with van der Waals surface area (Å²) < 4.78 is 0. The van der Waals surface area contributed by atoms with Gasteiger partial charge in [0.1, 0.15) is 4.88 Å². The molecule has 4 aromatic rings. The first-order valence-corrected chi connectivity index (χ1v) is 9.77. The van der Waals surface area contributed by atoms with Crippen molar-refractivity contribution in [2.24, 2.45) is 0 Å². The molecule has 134 valence electrons. The second kappa shape index (κ2) is 7.47. The largest absolute Gasteiger partial charge is 0.296 e. The lowest BCUT2D eigenvalue weighted by molar-refractivity contribution is 0.102. The van der Waals surface area contributed by atoms with Crippen LogP contribution >= 0.6 is 34.3 Å². The fourth-order valence-electron chi connectivity index (χ4n) is 2.28. The molecule has 10 heteroatoms. The Labute approximate surface area is 167 Å². The van der Waals surface area contributed by atoms with Gasteiger partial charge in [-0.05, 0) is 19.1 Å². The van der Waals surface area contributed by atoms with Gasteiger partial charge in [0.2, 0.25) is 5.13 Å². The molecule has 1 amide bonds. The van der Waals surface area contributed by atoms with Crippen LogP contribution in [0.1, 0.15) is 15.4 Å². The molecule has 0 aliphatic heterocycles. The molecule has 0 fully saturated rings. The van der Waals surface area contributed by atoms with E-state index < -0.39 is 0 Å². The van der Waals surface area contributed by atoms with Gasteiger partial charge in [0, 0.05) is 18.0 Å². The third kappa shape index (κ3) is 3.70. The highest BCUT2D eigenvalue weighted by molar-refractivity contribution is 7.19. The molecule has 1 N–H and O–H groups in total. The van der Waals surface area contributed by atoms with Crippen LogP contribution in [0, 0.1) is 6.92 Å². The molecule has 0 saturated carbocycles. The minimum Gasteiger partial charge on any atom is -0.296 e. The molecular formula is C17H11ClN6OS2. The molecule has 0 radical (unpaired) electrons. The van der Waals surface area contributed by atoms with E-state index >= 15 is 0 Å². The maximum absolute atomic E-state index is 12.6. The van der Waals surface area contributed by atoms with Crippen molar-refractivity contribution in [1.29, 1.82) is 0 Å². The molecule has 0 bridgehead atoms. The zero-order valence-electron chi connectivity index (χ0n) is 13.9. The van der Waals surface area contributed by atoms with E-state index in [9.17, 15) is 4.79 Å². The number of carbonyl (C=O) groups is 1. The molecule has 4 rings (SSSR count). The summed E-state index contributed by atoms with van der Waals surface area (Å²) >= 11 is 8.67. The summed E-state index contributed by atoms with van der Waals surface area (Å²) in [5.41, 5.74) is 1.38. The minimum absolute atomic E-state index is 0.297. The van der Waals surface area contributed by atoms with Crippen LogP contribution in [0.25, 0.3) is 21.4 Å². The van der Waals surface area contributed by atoms with Gasteiger partial charge in [0.25, 0.3) is 5.91 Å². The molecule has 0 aliphatic rings. The average Bonchev–Trinajstić information content (AvgIpc) is 3.29. The Balaban J connectivity index is 1.55. The summed E-state index contributed by atoms with van der Waals surface area (Å²) in [7, 11) is 0. The fourth-order valence-corrected chi connectivity index (χ4v) is 4.25. The predicted octanol–water partition coefficient (Wildman–Crippen LogP) is 4.33. The summed E-state index contributed by atoms with van der Waals surface area (Å²) in [4.78, 5) is 25.8. The van der Waals surface area contributed by atoms with Crippen LogP contribution in [0.5, 0.6) is 0 Å². The van der Waals surface area contributed by atoms with E-state index in [0.717, 1.165) is 5.56 Å². The number of amides is 1. The molecule has 27 heavy (non-hydrogen) atoms. The number of thiazole rings is 1. The zero-order valence-corrected chi connectivity index (χ0v) is 16.3. The number of aryl methyl sites for hydroxylation is 1. The van der Waals surface area contributed by atoms with E-state index in [1.54, 1.807) is 31.5 Å². The van der Waals surface area contributed by atoms with E-state index in [4.69, 9.17) is 11.6 Å².